The van der Waals surface area contributed by atoms with Crippen molar-refractivity contribution in [2.75, 3.05) is 0 Å². The van der Waals surface area contributed by atoms with Crippen molar-refractivity contribution in [3.8, 4) is 12.8 Å². The van der Waals surface area contributed by atoms with E-state index >= 15 is 0 Å². The van der Waals surface area contributed by atoms with E-state index in [2.05, 4.69) is 12.8 Å². The molecule has 0 radical (unpaired) electrons. The van der Waals surface area contributed by atoms with Crippen molar-refractivity contribution in [1.82, 2.24) is 0 Å². The third-order valence-electron chi connectivity index (χ3n) is 0.970. The number of terminal acetylenes is 1. The van der Waals surface area contributed by atoms with Gasteiger partial charge in [-0.25, -0.2) is 0 Å². The molecule has 68 valence electrons. The van der Waals surface area contributed by atoms with E-state index in [0.717, 1.165) is 12.2 Å². The Bertz CT molecular complexity index is 201. The maximum Gasteiger partial charge on any atom is 0.109 e. The molecule has 0 amide bonds. The molecule has 0 aliphatic carbocycles. The lowest BCUT2D eigenvalue weighted by Gasteiger charge is -1.79. The molecule has 0 atom stereocenters. The molecule has 1 aromatic rings. The van der Waals surface area contributed by atoms with Gasteiger partial charge in [-0.05, 0) is 6.07 Å². The Morgan fingerprint density at radius 3 is 2.08 bits per heavy atom. The third-order valence-corrected chi connectivity index (χ3v) is 1.17. The van der Waals surface area contributed by atoms with Gasteiger partial charge in [-0.3, -0.25) is 0 Å². The zero-order chi connectivity index (χ0) is 9.98. The van der Waals surface area contributed by atoms with Gasteiger partial charge >= 0.3 is 0 Å². The molecule has 1 nitrogen and oxygen atoms in total. The minimum atomic E-state index is 0.682. The summed E-state index contributed by atoms with van der Waals surface area (Å²) in [6.07, 6.45) is 10.5. The van der Waals surface area contributed by atoms with Gasteiger partial charge in [0.05, 0.1) is 5.02 Å². The van der Waals surface area contributed by atoms with Gasteiger partial charge in [0.1, 0.15) is 12.0 Å². The van der Waals surface area contributed by atoms with E-state index in [1.54, 1.807) is 6.26 Å². The number of aryl methyl sites for hydroxylation is 1. The highest BCUT2D eigenvalue weighted by Gasteiger charge is 1.93. The van der Waals surface area contributed by atoms with Gasteiger partial charge in [-0.1, -0.05) is 32.4 Å². The minimum Gasteiger partial charge on any atom is -0.468 e. The standard InChI is InChI=1S/C6H7ClO.C2H6.C2H2/c1-2-6-3-5(7)4-8-6;2*1-2/h3-4H,2H2,1H3;1-2H3;1-2H. The molecule has 2 heteroatoms. The fraction of sp³-hybridized carbons (Fsp3) is 0.400. The third kappa shape index (κ3) is 5.88. The summed E-state index contributed by atoms with van der Waals surface area (Å²) in [6, 6.07) is 1.82. The summed E-state index contributed by atoms with van der Waals surface area (Å²) >= 11 is 5.55. The van der Waals surface area contributed by atoms with E-state index < -0.39 is 0 Å². The summed E-state index contributed by atoms with van der Waals surface area (Å²) in [5, 5.41) is 0.682. The van der Waals surface area contributed by atoms with Crippen LogP contribution in [0.1, 0.15) is 26.5 Å². The first kappa shape index (κ1) is 13.7. The first-order chi connectivity index (χ1) is 5.83. The Balaban J connectivity index is 0. The summed E-state index contributed by atoms with van der Waals surface area (Å²) in [6.45, 7) is 6.02. The lowest BCUT2D eigenvalue weighted by molar-refractivity contribution is 0.516. The molecule has 0 aliphatic rings. The Morgan fingerprint density at radius 2 is 1.92 bits per heavy atom. The number of hydrogen-bond donors (Lipinski definition) is 0. The number of hydrogen-bond acceptors (Lipinski definition) is 1. The van der Waals surface area contributed by atoms with E-state index in [9.17, 15) is 0 Å². The Hall–Kier alpha value is -0.870. The Kier molecular flexibility index (Phi) is 11.6. The van der Waals surface area contributed by atoms with Crippen LogP contribution in [0.15, 0.2) is 16.7 Å². The van der Waals surface area contributed by atoms with Crippen LogP contribution in [0.25, 0.3) is 0 Å². The maximum atomic E-state index is 5.55. The number of halogens is 1. The molecule has 0 aliphatic heterocycles. The van der Waals surface area contributed by atoms with Crippen molar-refractivity contribution < 1.29 is 4.42 Å². The van der Waals surface area contributed by atoms with Crippen LogP contribution < -0.4 is 0 Å². The Morgan fingerprint density at radius 1 is 1.42 bits per heavy atom. The molecular formula is C10H15ClO. The average Bonchev–Trinajstić information content (AvgIpc) is 2.58. The van der Waals surface area contributed by atoms with E-state index in [1.165, 1.54) is 0 Å². The van der Waals surface area contributed by atoms with E-state index in [0.29, 0.717) is 5.02 Å². The van der Waals surface area contributed by atoms with Crippen LogP contribution in [0.3, 0.4) is 0 Å². The quantitative estimate of drug-likeness (QED) is 0.609. The summed E-state index contributed by atoms with van der Waals surface area (Å²) in [4.78, 5) is 0. The van der Waals surface area contributed by atoms with Crippen LogP contribution in [0.4, 0.5) is 0 Å². The highest BCUT2D eigenvalue weighted by Crippen LogP contribution is 2.12. The molecule has 0 aromatic carbocycles. The monoisotopic (exact) mass is 186 g/mol. The second-order valence-corrected chi connectivity index (χ2v) is 2.02. The molecule has 1 aromatic heterocycles. The van der Waals surface area contributed by atoms with Crippen molar-refractivity contribution >= 4 is 11.6 Å². The highest BCUT2D eigenvalue weighted by atomic mass is 35.5. The van der Waals surface area contributed by atoms with Crippen LogP contribution in [-0.4, -0.2) is 0 Å². The number of rotatable bonds is 1. The van der Waals surface area contributed by atoms with Crippen molar-refractivity contribution in [2.24, 2.45) is 0 Å². The molecule has 1 rings (SSSR count). The zero-order valence-electron chi connectivity index (χ0n) is 7.80. The molecular weight excluding hydrogens is 172 g/mol. The van der Waals surface area contributed by atoms with E-state index in [-0.39, 0.29) is 0 Å². The summed E-state index contributed by atoms with van der Waals surface area (Å²) in [5.74, 6) is 0.940. The summed E-state index contributed by atoms with van der Waals surface area (Å²) in [7, 11) is 0. The van der Waals surface area contributed by atoms with Gasteiger partial charge < -0.3 is 4.42 Å². The zero-order valence-corrected chi connectivity index (χ0v) is 8.56. The van der Waals surface area contributed by atoms with E-state index in [1.807, 2.05) is 26.8 Å². The van der Waals surface area contributed by atoms with Gasteiger partial charge in [0.25, 0.3) is 0 Å². The molecule has 0 bridgehead atoms. The molecule has 0 N–H and O–H groups in total. The fourth-order valence-corrected chi connectivity index (χ4v) is 0.705. The molecule has 0 saturated heterocycles. The highest BCUT2D eigenvalue weighted by molar-refractivity contribution is 6.30. The molecule has 0 unspecified atom stereocenters. The lowest BCUT2D eigenvalue weighted by atomic mass is 10.4. The first-order valence-corrected chi connectivity index (χ1v) is 4.27. The predicted molar refractivity (Wildman–Crippen MR) is 54.3 cm³/mol. The van der Waals surface area contributed by atoms with Crippen LogP contribution in [0.5, 0.6) is 0 Å². The molecule has 0 spiro atoms. The summed E-state index contributed by atoms with van der Waals surface area (Å²) in [5.41, 5.74) is 0. The Labute approximate surface area is 79.7 Å². The van der Waals surface area contributed by atoms with Crippen molar-refractivity contribution in [3.05, 3.63) is 23.1 Å². The summed E-state index contributed by atoms with van der Waals surface area (Å²) < 4.78 is 4.98. The van der Waals surface area contributed by atoms with Crippen molar-refractivity contribution in [2.45, 2.75) is 27.2 Å². The van der Waals surface area contributed by atoms with Crippen LogP contribution >= 0.6 is 11.6 Å². The molecule has 0 fully saturated rings. The first-order valence-electron chi connectivity index (χ1n) is 3.89. The van der Waals surface area contributed by atoms with Gasteiger partial charge in [-0.15, -0.1) is 12.8 Å². The lowest BCUT2D eigenvalue weighted by Crippen LogP contribution is -1.67. The fourth-order valence-electron chi connectivity index (χ4n) is 0.539. The SMILES string of the molecule is C#C.CC.CCc1cc(Cl)co1. The minimum absolute atomic E-state index is 0.682. The van der Waals surface area contributed by atoms with Gasteiger partial charge in [0.2, 0.25) is 0 Å². The van der Waals surface area contributed by atoms with Gasteiger partial charge in [-0.2, -0.15) is 0 Å². The molecule has 0 saturated carbocycles. The number of furan rings is 1. The molecule has 12 heavy (non-hydrogen) atoms. The van der Waals surface area contributed by atoms with Crippen molar-refractivity contribution in [1.29, 1.82) is 0 Å². The smallest absolute Gasteiger partial charge is 0.109 e. The van der Waals surface area contributed by atoms with Gasteiger partial charge in [0, 0.05) is 6.42 Å². The van der Waals surface area contributed by atoms with Crippen LogP contribution in [0.2, 0.25) is 5.02 Å². The molecule has 1 heterocycles. The predicted octanol–water partition coefficient (Wildman–Crippen LogP) is 3.77. The average molecular weight is 187 g/mol. The second-order valence-electron chi connectivity index (χ2n) is 1.58. The maximum absolute atomic E-state index is 5.55. The van der Waals surface area contributed by atoms with E-state index in [4.69, 9.17) is 16.0 Å². The van der Waals surface area contributed by atoms with Crippen LogP contribution in [0, 0.1) is 12.8 Å². The largest absolute Gasteiger partial charge is 0.468 e. The second kappa shape index (κ2) is 10.1. The van der Waals surface area contributed by atoms with Gasteiger partial charge in [0.15, 0.2) is 0 Å². The van der Waals surface area contributed by atoms with Crippen LogP contribution in [-0.2, 0) is 6.42 Å². The topological polar surface area (TPSA) is 13.1 Å². The van der Waals surface area contributed by atoms with Crippen molar-refractivity contribution in [3.63, 3.8) is 0 Å². The normalized spacial score (nSPS) is 7.17.